The molecule has 2 saturated heterocycles. The molecule has 3 aliphatic heterocycles. The van der Waals surface area contributed by atoms with Gasteiger partial charge in [0, 0.05) is 43.9 Å². The third-order valence-electron chi connectivity index (χ3n) is 10.6. The van der Waals surface area contributed by atoms with Gasteiger partial charge in [0.1, 0.15) is 23.2 Å². The van der Waals surface area contributed by atoms with Crippen molar-refractivity contribution in [2.24, 2.45) is 17.4 Å². The second-order valence-electron chi connectivity index (χ2n) is 14.4. The lowest BCUT2D eigenvalue weighted by Crippen LogP contribution is -2.64. The monoisotopic (exact) mass is 710 g/mol. The molecule has 50 heavy (non-hydrogen) atoms. The molecule has 4 amide bonds. The highest BCUT2D eigenvalue weighted by Gasteiger charge is 2.51. The van der Waals surface area contributed by atoms with Gasteiger partial charge in [0.05, 0.1) is 23.6 Å². The van der Waals surface area contributed by atoms with E-state index in [1.165, 1.54) is 27.5 Å². The fourth-order valence-corrected chi connectivity index (χ4v) is 9.16. The number of ether oxygens (including phenoxy) is 1. The number of nitrogens with two attached hydrogens (primary N) is 2. The normalized spacial score (nSPS) is 24.4. The molecule has 0 bridgehead atoms. The summed E-state index contributed by atoms with van der Waals surface area (Å²) in [6, 6.07) is 4.98. The van der Waals surface area contributed by atoms with Crippen LogP contribution in [0.25, 0.3) is 0 Å². The number of nitrogens with one attached hydrogen (secondary N) is 1. The van der Waals surface area contributed by atoms with Crippen LogP contribution in [-0.2, 0) is 34.3 Å². The smallest absolute Gasteiger partial charge is 0.287 e. The fraction of sp³-hybridized carbons (Fsp3) is 0.618. The molecule has 1 saturated carbocycles. The molecule has 0 spiro atoms. The van der Waals surface area contributed by atoms with Crippen molar-refractivity contribution in [3.05, 3.63) is 36.2 Å². The highest BCUT2D eigenvalue weighted by molar-refractivity contribution is 8.01. The first-order valence-electron chi connectivity index (χ1n) is 17.3. The summed E-state index contributed by atoms with van der Waals surface area (Å²) < 4.78 is 6.98. The van der Waals surface area contributed by atoms with Crippen molar-refractivity contribution in [2.75, 3.05) is 24.7 Å². The van der Waals surface area contributed by atoms with Crippen molar-refractivity contribution in [1.29, 1.82) is 0 Å². The van der Waals surface area contributed by atoms with E-state index in [-0.39, 0.29) is 50.8 Å². The quantitative estimate of drug-likeness (QED) is 0.243. The number of benzene rings is 1. The fourth-order valence-electron chi connectivity index (χ4n) is 7.98. The Kier molecular flexibility index (Phi) is 10.2. The zero-order valence-corrected chi connectivity index (χ0v) is 29.3. The Labute approximate surface area is 294 Å². The average Bonchev–Trinajstić information content (AvgIpc) is 3.85. The lowest BCUT2D eigenvalue weighted by atomic mass is 9.83. The van der Waals surface area contributed by atoms with Crippen LogP contribution < -0.4 is 21.7 Å². The predicted octanol–water partition coefficient (Wildman–Crippen LogP) is 1.13. The van der Waals surface area contributed by atoms with Gasteiger partial charge in [-0.25, -0.2) is 4.68 Å². The number of hydrogen-bond donors (Lipinski definition) is 4. The molecule has 4 atom stereocenters. The number of carbonyl (C=O) groups is 5. The van der Waals surface area contributed by atoms with E-state index in [4.69, 9.17) is 16.2 Å². The Morgan fingerprint density at radius 2 is 1.80 bits per heavy atom. The number of fused-ring (bicyclic) bond motifs is 1. The number of rotatable bonds is 11. The summed E-state index contributed by atoms with van der Waals surface area (Å²) in [5.41, 5.74) is 9.63. The van der Waals surface area contributed by atoms with E-state index in [0.717, 1.165) is 42.7 Å². The van der Waals surface area contributed by atoms with E-state index in [1.807, 2.05) is 29.2 Å². The number of hydrogen-bond acceptors (Lipinski definition) is 11. The number of thioether (sulfide) groups is 1. The third kappa shape index (κ3) is 6.97. The molecule has 270 valence electrons. The van der Waals surface area contributed by atoms with Crippen molar-refractivity contribution in [2.45, 2.75) is 111 Å². The van der Waals surface area contributed by atoms with Gasteiger partial charge in [0.2, 0.25) is 17.6 Å². The van der Waals surface area contributed by atoms with Crippen molar-refractivity contribution in [3.8, 4) is 0 Å². The minimum Gasteiger partial charge on any atom is -0.384 e. The van der Waals surface area contributed by atoms with Crippen LogP contribution >= 0.6 is 11.8 Å². The largest absolute Gasteiger partial charge is 0.384 e. The molecule has 4 aliphatic rings. The number of Topliss-reactive ketones (excluding diaryl/α,β-unsaturated/α-hetero) is 1. The average molecular weight is 711 g/mol. The summed E-state index contributed by atoms with van der Waals surface area (Å²) in [7, 11) is 0. The van der Waals surface area contributed by atoms with Gasteiger partial charge >= 0.3 is 0 Å². The molecule has 4 heterocycles. The van der Waals surface area contributed by atoms with Crippen molar-refractivity contribution >= 4 is 46.9 Å². The minimum atomic E-state index is -1.58. The molecule has 1 aromatic heterocycles. The lowest BCUT2D eigenvalue weighted by Gasteiger charge is -2.40. The maximum atomic E-state index is 15.2. The lowest BCUT2D eigenvalue weighted by molar-refractivity contribution is -0.147. The van der Waals surface area contributed by atoms with Crippen molar-refractivity contribution < 1.29 is 33.8 Å². The second-order valence-corrected chi connectivity index (χ2v) is 15.5. The van der Waals surface area contributed by atoms with Crippen LogP contribution in [0, 0.1) is 5.92 Å². The molecule has 1 unspecified atom stereocenters. The number of anilines is 1. The molecule has 1 aromatic carbocycles. The van der Waals surface area contributed by atoms with E-state index in [1.54, 1.807) is 13.8 Å². The van der Waals surface area contributed by atoms with Crippen LogP contribution in [0.2, 0.25) is 0 Å². The van der Waals surface area contributed by atoms with E-state index in [0.29, 0.717) is 12.1 Å². The number of nitrogens with zero attached hydrogens (tertiary/aromatic N) is 5. The summed E-state index contributed by atoms with van der Waals surface area (Å²) in [4.78, 5) is 72.1. The van der Waals surface area contributed by atoms with Gasteiger partial charge < -0.3 is 36.4 Å². The highest BCUT2D eigenvalue weighted by Crippen LogP contribution is 2.46. The summed E-state index contributed by atoms with van der Waals surface area (Å²) in [6.07, 6.45) is 7.15. The van der Waals surface area contributed by atoms with Crippen LogP contribution in [0.4, 0.5) is 5.69 Å². The van der Waals surface area contributed by atoms with Crippen molar-refractivity contribution in [3.63, 3.8) is 0 Å². The van der Waals surface area contributed by atoms with Gasteiger partial charge in [-0.05, 0) is 38.3 Å². The van der Waals surface area contributed by atoms with Crippen molar-refractivity contribution in [1.82, 2.24) is 25.2 Å². The van der Waals surface area contributed by atoms with Gasteiger partial charge in [-0.15, -0.1) is 5.10 Å². The Bertz CT molecular complexity index is 1630. The summed E-state index contributed by atoms with van der Waals surface area (Å²) in [5.74, 6) is -3.45. The Balaban J connectivity index is 1.40. The van der Waals surface area contributed by atoms with Gasteiger partial charge in [-0.1, -0.05) is 61.2 Å². The summed E-state index contributed by atoms with van der Waals surface area (Å²) in [5, 5.41) is 21.2. The number of likely N-dealkylation sites (tertiary alicyclic amines) is 1. The number of ketones is 1. The van der Waals surface area contributed by atoms with E-state index < -0.39 is 58.1 Å². The van der Waals surface area contributed by atoms with E-state index in [9.17, 15) is 24.3 Å². The van der Waals surface area contributed by atoms with Crippen LogP contribution in [0.15, 0.2) is 35.4 Å². The standard InChI is InChI=1S/C34H46N8O7S/c1-33(2,48)26-18-37-39-42(26)21-17-23(30(46)38-34(27(43)28(35)44)12-14-49-15-13-34)40(19-21)31(47)24(16-20-8-4-3-5-9-20)41-22-10-6-7-11-25(22)50-32(41)29(36)45/h6-7,10-11,18,20-21,23-24,32,48H,3-5,8-9,12-17,19H2,1-2H3,(H2,35,44)(H2,36,45)(H,38,46)/t21-,23-,24+,32?/m0/s1. The van der Waals surface area contributed by atoms with Gasteiger partial charge in [0.15, 0.2) is 5.37 Å². The van der Waals surface area contributed by atoms with E-state index >= 15 is 4.79 Å². The summed E-state index contributed by atoms with van der Waals surface area (Å²) >= 11 is 1.30. The first kappa shape index (κ1) is 35.8. The topological polar surface area (TPSA) is 216 Å². The van der Waals surface area contributed by atoms with Crippen LogP contribution in [0.1, 0.15) is 83.4 Å². The molecule has 3 fully saturated rings. The Morgan fingerprint density at radius 3 is 2.46 bits per heavy atom. The van der Waals surface area contributed by atoms with E-state index in [2.05, 4.69) is 15.6 Å². The zero-order valence-electron chi connectivity index (χ0n) is 28.5. The van der Waals surface area contributed by atoms with Crippen LogP contribution in [-0.4, -0.2) is 97.2 Å². The molecular weight excluding hydrogens is 664 g/mol. The molecule has 16 heteroatoms. The maximum Gasteiger partial charge on any atom is 0.287 e. The minimum absolute atomic E-state index is 0.0360. The van der Waals surface area contributed by atoms with Gasteiger partial charge in [-0.2, -0.15) is 0 Å². The number of aromatic nitrogens is 3. The van der Waals surface area contributed by atoms with Crippen LogP contribution in [0.5, 0.6) is 0 Å². The predicted molar refractivity (Wildman–Crippen MR) is 182 cm³/mol. The molecule has 15 nitrogen and oxygen atoms in total. The number of aliphatic hydroxyl groups is 1. The number of para-hydroxylation sites is 1. The number of carbonyl (C=O) groups excluding carboxylic acids is 5. The second kappa shape index (κ2) is 14.3. The SMILES string of the molecule is CC(C)(O)c1cnnn1[C@H]1C[C@@H](C(=O)NC2(C(=O)C(N)=O)CCOCC2)N(C(=O)[C@@H](CC2CCCCC2)N2c3ccccc3SC2C(N)=O)C1. The first-order valence-corrected chi connectivity index (χ1v) is 18.2. The third-order valence-corrected chi connectivity index (χ3v) is 11.8. The number of primary amides is 2. The Morgan fingerprint density at radius 1 is 1.10 bits per heavy atom. The molecule has 1 aliphatic carbocycles. The molecular formula is C34H46N8O7S. The maximum absolute atomic E-state index is 15.2. The molecule has 2 aromatic rings. The van der Waals surface area contributed by atoms with Gasteiger partial charge in [-0.3, -0.25) is 24.0 Å². The molecule has 6 rings (SSSR count). The zero-order chi connectivity index (χ0) is 35.8. The van der Waals surface area contributed by atoms with Gasteiger partial charge in [0.25, 0.3) is 11.8 Å². The molecule has 6 N–H and O–H groups in total. The highest BCUT2D eigenvalue weighted by atomic mass is 32.2. The number of amides is 4. The summed E-state index contributed by atoms with van der Waals surface area (Å²) in [6.45, 7) is 3.50. The Hall–Kier alpha value is -4.02. The molecule has 0 radical (unpaired) electrons. The van der Waals surface area contributed by atoms with Crippen LogP contribution in [0.3, 0.4) is 0 Å². The first-order chi connectivity index (χ1) is 23.8.